The second-order valence-corrected chi connectivity index (χ2v) is 7.35. The van der Waals surface area contributed by atoms with Crippen molar-refractivity contribution in [1.29, 1.82) is 0 Å². The lowest BCUT2D eigenvalue weighted by Gasteiger charge is -2.23. The number of H-pyrrole nitrogens is 1. The van der Waals surface area contributed by atoms with E-state index >= 15 is 0 Å². The van der Waals surface area contributed by atoms with E-state index in [2.05, 4.69) is 25.5 Å². The zero-order valence-corrected chi connectivity index (χ0v) is 17.5. The third-order valence-electron chi connectivity index (χ3n) is 5.42. The number of amides is 2. The molecule has 9 nitrogen and oxygen atoms in total. The van der Waals surface area contributed by atoms with E-state index in [1.165, 1.54) is 6.20 Å². The molecule has 31 heavy (non-hydrogen) atoms. The zero-order chi connectivity index (χ0) is 21.8. The Hall–Kier alpha value is -3.75. The normalized spacial score (nSPS) is 15.7. The van der Waals surface area contributed by atoms with Gasteiger partial charge in [0.05, 0.1) is 24.4 Å². The highest BCUT2D eigenvalue weighted by Gasteiger charge is 2.33. The summed E-state index contributed by atoms with van der Waals surface area (Å²) < 4.78 is 5.32. The molecule has 1 atom stereocenters. The van der Waals surface area contributed by atoms with E-state index in [0.29, 0.717) is 35.9 Å². The molecule has 0 radical (unpaired) electrons. The lowest BCUT2D eigenvalue weighted by atomic mass is 10.1. The Kier molecular flexibility index (Phi) is 5.92. The molecule has 0 unspecified atom stereocenters. The summed E-state index contributed by atoms with van der Waals surface area (Å²) in [5.74, 6) is 0.880. The molecule has 9 heteroatoms. The smallest absolute Gasteiger partial charge is 0.272 e. The molecule has 2 amide bonds. The van der Waals surface area contributed by atoms with Crippen LogP contribution in [0.25, 0.3) is 0 Å². The molecular weight excluding hydrogens is 396 g/mol. The van der Waals surface area contributed by atoms with Gasteiger partial charge in [-0.3, -0.25) is 14.7 Å². The van der Waals surface area contributed by atoms with Gasteiger partial charge in [-0.25, -0.2) is 9.97 Å². The molecule has 0 saturated carbocycles. The van der Waals surface area contributed by atoms with Crippen molar-refractivity contribution >= 4 is 11.8 Å². The van der Waals surface area contributed by atoms with Crippen molar-refractivity contribution in [2.45, 2.75) is 32.4 Å². The number of likely N-dealkylation sites (tertiary alicyclic amines) is 1. The van der Waals surface area contributed by atoms with Gasteiger partial charge in [0.2, 0.25) is 0 Å². The fourth-order valence-corrected chi connectivity index (χ4v) is 3.80. The van der Waals surface area contributed by atoms with E-state index in [1.54, 1.807) is 31.2 Å². The van der Waals surface area contributed by atoms with Crippen molar-refractivity contribution in [3.63, 3.8) is 0 Å². The summed E-state index contributed by atoms with van der Waals surface area (Å²) in [5, 5.41) is 9.46. The third-order valence-corrected chi connectivity index (χ3v) is 5.42. The molecule has 160 valence electrons. The molecule has 3 aromatic rings. The summed E-state index contributed by atoms with van der Waals surface area (Å²) in [6.07, 6.45) is 4.73. The van der Waals surface area contributed by atoms with E-state index < -0.39 is 0 Å². The highest BCUT2D eigenvalue weighted by atomic mass is 16.5. The number of ether oxygens (including phenoxy) is 1. The van der Waals surface area contributed by atoms with Crippen LogP contribution in [-0.2, 0) is 6.54 Å². The minimum absolute atomic E-state index is 0.125. The highest BCUT2D eigenvalue weighted by molar-refractivity contribution is 5.95. The van der Waals surface area contributed by atoms with Crippen LogP contribution in [0.3, 0.4) is 0 Å². The number of aromatic nitrogens is 4. The van der Waals surface area contributed by atoms with E-state index in [1.807, 2.05) is 24.3 Å². The van der Waals surface area contributed by atoms with Gasteiger partial charge in [-0.15, -0.1) is 0 Å². The predicted molar refractivity (Wildman–Crippen MR) is 113 cm³/mol. The number of aryl methyl sites for hydroxylation is 1. The van der Waals surface area contributed by atoms with Crippen LogP contribution in [0.15, 0.2) is 42.7 Å². The van der Waals surface area contributed by atoms with Gasteiger partial charge in [-0.05, 0) is 31.9 Å². The van der Waals surface area contributed by atoms with Crippen LogP contribution < -0.4 is 10.1 Å². The summed E-state index contributed by atoms with van der Waals surface area (Å²) in [7, 11) is 1.60. The highest BCUT2D eigenvalue weighted by Crippen LogP contribution is 2.31. The molecule has 1 fully saturated rings. The largest absolute Gasteiger partial charge is 0.496 e. The van der Waals surface area contributed by atoms with Crippen LogP contribution >= 0.6 is 0 Å². The second kappa shape index (κ2) is 8.95. The molecule has 1 aromatic carbocycles. The van der Waals surface area contributed by atoms with E-state index in [-0.39, 0.29) is 17.9 Å². The van der Waals surface area contributed by atoms with Crippen LogP contribution in [0.1, 0.15) is 56.8 Å². The van der Waals surface area contributed by atoms with Gasteiger partial charge in [0.1, 0.15) is 11.4 Å². The lowest BCUT2D eigenvalue weighted by Crippen LogP contribution is -2.32. The number of carbonyl (C=O) groups excluding carboxylic acids is 2. The molecule has 2 aromatic heterocycles. The van der Waals surface area contributed by atoms with Crippen molar-refractivity contribution in [1.82, 2.24) is 30.4 Å². The number of rotatable bonds is 6. The first-order valence-corrected chi connectivity index (χ1v) is 10.1. The molecule has 3 heterocycles. The Morgan fingerprint density at radius 2 is 2.13 bits per heavy atom. The van der Waals surface area contributed by atoms with Gasteiger partial charge < -0.3 is 15.0 Å². The number of hydrogen-bond donors (Lipinski definition) is 2. The van der Waals surface area contributed by atoms with Gasteiger partial charge in [0, 0.05) is 31.0 Å². The Morgan fingerprint density at radius 1 is 1.29 bits per heavy atom. The minimum atomic E-state index is -0.258. The monoisotopic (exact) mass is 420 g/mol. The lowest BCUT2D eigenvalue weighted by molar-refractivity contribution is 0.0723. The molecule has 1 saturated heterocycles. The quantitative estimate of drug-likeness (QED) is 0.633. The fourth-order valence-electron chi connectivity index (χ4n) is 3.80. The Morgan fingerprint density at radius 3 is 2.87 bits per heavy atom. The SMILES string of the molecule is COc1ccccc1CNC(=O)c1cnc([C@H]2CCCN2C(=O)c2ccn[nH]2)nc1C. The number of nitrogens with zero attached hydrogens (tertiary/aromatic N) is 4. The maximum atomic E-state index is 12.7. The molecule has 1 aliphatic heterocycles. The first-order valence-electron chi connectivity index (χ1n) is 10.1. The number of nitrogens with one attached hydrogen (secondary N) is 2. The van der Waals surface area contributed by atoms with Crippen LogP contribution in [0, 0.1) is 6.92 Å². The summed E-state index contributed by atoms with van der Waals surface area (Å²) in [6.45, 7) is 2.74. The summed E-state index contributed by atoms with van der Waals surface area (Å²) in [5.41, 5.74) is 2.30. The van der Waals surface area contributed by atoms with Crippen molar-refractivity contribution in [2.24, 2.45) is 0 Å². The van der Waals surface area contributed by atoms with Gasteiger partial charge in [-0.2, -0.15) is 5.10 Å². The maximum Gasteiger partial charge on any atom is 0.272 e. The molecule has 2 N–H and O–H groups in total. The van der Waals surface area contributed by atoms with Crippen LogP contribution in [-0.4, -0.2) is 50.5 Å². The van der Waals surface area contributed by atoms with Crippen molar-refractivity contribution in [3.05, 3.63) is 71.1 Å². The number of para-hydroxylation sites is 1. The van der Waals surface area contributed by atoms with Crippen molar-refractivity contribution in [2.75, 3.05) is 13.7 Å². The number of hydrogen-bond acceptors (Lipinski definition) is 6. The molecule has 0 bridgehead atoms. The van der Waals surface area contributed by atoms with E-state index in [0.717, 1.165) is 24.2 Å². The average Bonchev–Trinajstić information content (AvgIpc) is 3.49. The first-order chi connectivity index (χ1) is 15.1. The molecule has 4 rings (SSSR count). The van der Waals surface area contributed by atoms with E-state index in [4.69, 9.17) is 4.74 Å². The molecule has 0 spiro atoms. The topological polar surface area (TPSA) is 113 Å². The maximum absolute atomic E-state index is 12.7. The van der Waals surface area contributed by atoms with Crippen LogP contribution in [0.5, 0.6) is 5.75 Å². The van der Waals surface area contributed by atoms with Gasteiger partial charge in [0.15, 0.2) is 5.82 Å². The number of methoxy groups -OCH3 is 1. The third kappa shape index (κ3) is 4.25. The predicted octanol–water partition coefficient (Wildman–Crippen LogP) is 2.42. The summed E-state index contributed by atoms with van der Waals surface area (Å²) in [4.78, 5) is 36.2. The molecule has 0 aliphatic carbocycles. The van der Waals surface area contributed by atoms with Crippen molar-refractivity contribution < 1.29 is 14.3 Å². The number of benzene rings is 1. The minimum Gasteiger partial charge on any atom is -0.496 e. The first kappa shape index (κ1) is 20.5. The zero-order valence-electron chi connectivity index (χ0n) is 17.5. The Balaban J connectivity index is 1.47. The summed E-state index contributed by atoms with van der Waals surface area (Å²) in [6, 6.07) is 8.95. The average molecular weight is 420 g/mol. The van der Waals surface area contributed by atoms with Crippen LogP contribution in [0.2, 0.25) is 0 Å². The summed E-state index contributed by atoms with van der Waals surface area (Å²) >= 11 is 0. The van der Waals surface area contributed by atoms with Crippen molar-refractivity contribution in [3.8, 4) is 5.75 Å². The van der Waals surface area contributed by atoms with Gasteiger partial charge >= 0.3 is 0 Å². The van der Waals surface area contributed by atoms with E-state index in [9.17, 15) is 9.59 Å². The molecular formula is C22H24N6O3. The Labute approximate surface area is 179 Å². The van der Waals surface area contributed by atoms with Gasteiger partial charge in [0.25, 0.3) is 11.8 Å². The number of carbonyl (C=O) groups is 2. The molecule has 1 aliphatic rings. The van der Waals surface area contributed by atoms with Crippen LogP contribution in [0.4, 0.5) is 0 Å². The Bertz CT molecular complexity index is 1080. The fraction of sp³-hybridized carbons (Fsp3) is 0.318. The van der Waals surface area contributed by atoms with Gasteiger partial charge in [-0.1, -0.05) is 18.2 Å². The standard InChI is InChI=1S/C22H24N6O3/c1-14-16(21(29)24-12-15-6-3-4-8-19(15)31-2)13-23-20(26-14)18-7-5-11-28(18)22(30)17-9-10-25-27-17/h3-4,6,8-10,13,18H,5,7,11-12H2,1-2H3,(H,24,29)(H,25,27)/t18-/m1/s1. The number of aromatic amines is 1. The second-order valence-electron chi connectivity index (χ2n) is 7.35.